The molecule has 0 bridgehead atoms. The lowest BCUT2D eigenvalue weighted by Crippen LogP contribution is -2.05. The van der Waals surface area contributed by atoms with Gasteiger partial charge in [0.1, 0.15) is 18.2 Å². The summed E-state index contributed by atoms with van der Waals surface area (Å²) >= 11 is 3.13. The maximum atomic E-state index is 13.1. The van der Waals surface area contributed by atoms with Crippen LogP contribution >= 0.6 is 15.9 Å². The van der Waals surface area contributed by atoms with Crippen molar-refractivity contribution in [2.24, 2.45) is 0 Å². The summed E-state index contributed by atoms with van der Waals surface area (Å²) in [7, 11) is 0. The van der Waals surface area contributed by atoms with Crippen LogP contribution in [0.5, 0.6) is 5.75 Å². The zero-order valence-corrected chi connectivity index (χ0v) is 11.6. The van der Waals surface area contributed by atoms with Gasteiger partial charge in [-0.3, -0.25) is 0 Å². The van der Waals surface area contributed by atoms with Gasteiger partial charge in [0.15, 0.2) is 0 Å². The number of alkyl halides is 3. The molecule has 0 atom stereocenters. The van der Waals surface area contributed by atoms with Crippen molar-refractivity contribution in [3.05, 3.63) is 63.9 Å². The molecule has 0 aliphatic rings. The largest absolute Gasteiger partial charge is 0.489 e. The van der Waals surface area contributed by atoms with Gasteiger partial charge in [-0.25, -0.2) is 4.39 Å². The third-order valence-electron chi connectivity index (χ3n) is 2.49. The van der Waals surface area contributed by atoms with Crippen molar-refractivity contribution in [3.63, 3.8) is 0 Å². The predicted octanol–water partition coefficient (Wildman–Crippen LogP) is 5.19. The molecule has 0 fully saturated rings. The van der Waals surface area contributed by atoms with E-state index in [-0.39, 0.29) is 12.4 Å². The average molecular weight is 349 g/mol. The lowest BCUT2D eigenvalue weighted by Gasteiger charge is -2.10. The van der Waals surface area contributed by atoms with Crippen LogP contribution in [-0.4, -0.2) is 0 Å². The van der Waals surface area contributed by atoms with Crippen molar-refractivity contribution in [3.8, 4) is 5.75 Å². The lowest BCUT2D eigenvalue weighted by atomic mass is 10.2. The van der Waals surface area contributed by atoms with Gasteiger partial charge < -0.3 is 4.74 Å². The summed E-state index contributed by atoms with van der Waals surface area (Å²) in [4.78, 5) is 0. The maximum absolute atomic E-state index is 13.1. The van der Waals surface area contributed by atoms with Gasteiger partial charge in [0.25, 0.3) is 0 Å². The van der Waals surface area contributed by atoms with E-state index in [0.29, 0.717) is 10.0 Å². The topological polar surface area (TPSA) is 9.23 Å². The van der Waals surface area contributed by atoms with Crippen LogP contribution in [0, 0.1) is 5.82 Å². The molecule has 0 heterocycles. The fraction of sp³-hybridized carbons (Fsp3) is 0.143. The third kappa shape index (κ3) is 3.96. The summed E-state index contributed by atoms with van der Waals surface area (Å²) in [6.07, 6.45) is -4.42. The Kier molecular flexibility index (Phi) is 4.32. The van der Waals surface area contributed by atoms with Crippen LogP contribution in [0.15, 0.2) is 46.9 Å². The zero-order chi connectivity index (χ0) is 14.8. The van der Waals surface area contributed by atoms with Crippen LogP contribution < -0.4 is 4.74 Å². The first kappa shape index (κ1) is 14.8. The Balaban J connectivity index is 2.11. The molecular weight excluding hydrogens is 340 g/mol. The quantitative estimate of drug-likeness (QED) is 0.694. The molecule has 6 heteroatoms. The van der Waals surface area contributed by atoms with Crippen molar-refractivity contribution in [2.45, 2.75) is 12.8 Å². The first-order chi connectivity index (χ1) is 9.34. The molecule has 0 aromatic heterocycles. The molecule has 2 aromatic carbocycles. The van der Waals surface area contributed by atoms with E-state index in [0.717, 1.165) is 12.1 Å². The molecule has 0 aliphatic carbocycles. The fourth-order valence-electron chi connectivity index (χ4n) is 1.62. The van der Waals surface area contributed by atoms with Crippen LogP contribution in [0.3, 0.4) is 0 Å². The van der Waals surface area contributed by atoms with Crippen LogP contribution in [0.2, 0.25) is 0 Å². The number of hydrogen-bond donors (Lipinski definition) is 0. The molecule has 1 nitrogen and oxygen atoms in total. The average Bonchev–Trinajstić information content (AvgIpc) is 2.35. The van der Waals surface area contributed by atoms with Gasteiger partial charge >= 0.3 is 6.18 Å². The second-order valence-corrected chi connectivity index (χ2v) is 5.01. The van der Waals surface area contributed by atoms with Crippen molar-refractivity contribution in [1.82, 2.24) is 0 Å². The summed E-state index contributed by atoms with van der Waals surface area (Å²) in [6, 6.07) is 8.74. The predicted molar refractivity (Wildman–Crippen MR) is 69.9 cm³/mol. The zero-order valence-electron chi connectivity index (χ0n) is 10.0. The number of halogens is 5. The Morgan fingerprint density at radius 1 is 1.05 bits per heavy atom. The highest BCUT2D eigenvalue weighted by Crippen LogP contribution is 2.31. The molecule has 0 aliphatic heterocycles. The minimum absolute atomic E-state index is 0.0162. The summed E-state index contributed by atoms with van der Waals surface area (Å²) < 4.78 is 56.5. The van der Waals surface area contributed by atoms with Gasteiger partial charge in [-0.15, -0.1) is 0 Å². The fourth-order valence-corrected chi connectivity index (χ4v) is 2.14. The Hall–Kier alpha value is -1.56. The summed E-state index contributed by atoms with van der Waals surface area (Å²) in [6.45, 7) is -0.0162. The van der Waals surface area contributed by atoms with Crippen LogP contribution in [-0.2, 0) is 12.8 Å². The highest BCUT2D eigenvalue weighted by Gasteiger charge is 2.30. The molecule has 0 unspecified atom stereocenters. The molecule has 0 N–H and O–H groups in total. The van der Waals surface area contributed by atoms with E-state index in [1.807, 2.05) is 0 Å². The Labute approximate surface area is 121 Å². The van der Waals surface area contributed by atoms with E-state index >= 15 is 0 Å². The third-order valence-corrected chi connectivity index (χ3v) is 2.95. The van der Waals surface area contributed by atoms with E-state index in [1.165, 1.54) is 24.3 Å². The molecule has 2 rings (SSSR count). The molecule has 0 amide bonds. The van der Waals surface area contributed by atoms with E-state index < -0.39 is 17.6 Å². The summed E-state index contributed by atoms with van der Waals surface area (Å²) in [5.74, 6) is -0.359. The number of rotatable bonds is 3. The minimum atomic E-state index is -4.42. The second kappa shape index (κ2) is 5.83. The van der Waals surface area contributed by atoms with E-state index in [2.05, 4.69) is 15.9 Å². The molecule has 20 heavy (non-hydrogen) atoms. The van der Waals surface area contributed by atoms with E-state index in [4.69, 9.17) is 4.74 Å². The summed E-state index contributed by atoms with van der Waals surface area (Å²) in [5.41, 5.74) is -0.260. The molecule has 106 valence electrons. The van der Waals surface area contributed by atoms with Gasteiger partial charge in [-0.1, -0.05) is 22.0 Å². The van der Waals surface area contributed by atoms with Gasteiger partial charge in [-0.2, -0.15) is 13.2 Å². The van der Waals surface area contributed by atoms with Gasteiger partial charge in [-0.05, 0) is 42.0 Å². The van der Waals surface area contributed by atoms with Gasteiger partial charge in [0.2, 0.25) is 0 Å². The Morgan fingerprint density at radius 3 is 2.45 bits per heavy atom. The van der Waals surface area contributed by atoms with Crippen LogP contribution in [0.4, 0.5) is 17.6 Å². The normalized spacial score (nSPS) is 11.4. The van der Waals surface area contributed by atoms with Crippen molar-refractivity contribution >= 4 is 15.9 Å². The SMILES string of the molecule is Fc1cc(Br)cc(COc2cccc(C(F)(F)F)c2)c1. The Morgan fingerprint density at radius 2 is 1.80 bits per heavy atom. The minimum Gasteiger partial charge on any atom is -0.489 e. The molecule has 0 saturated carbocycles. The van der Waals surface area contributed by atoms with E-state index in [1.54, 1.807) is 6.07 Å². The van der Waals surface area contributed by atoms with E-state index in [9.17, 15) is 17.6 Å². The van der Waals surface area contributed by atoms with Gasteiger partial charge in [0, 0.05) is 4.47 Å². The molecule has 0 saturated heterocycles. The molecule has 2 aromatic rings. The van der Waals surface area contributed by atoms with Crippen molar-refractivity contribution in [2.75, 3.05) is 0 Å². The van der Waals surface area contributed by atoms with Crippen LogP contribution in [0.1, 0.15) is 11.1 Å². The lowest BCUT2D eigenvalue weighted by molar-refractivity contribution is -0.137. The first-order valence-electron chi connectivity index (χ1n) is 5.59. The van der Waals surface area contributed by atoms with Gasteiger partial charge in [0.05, 0.1) is 5.56 Å². The number of ether oxygens (including phenoxy) is 1. The number of benzene rings is 2. The molecule has 0 radical (unpaired) electrons. The highest BCUT2D eigenvalue weighted by molar-refractivity contribution is 9.10. The highest BCUT2D eigenvalue weighted by atomic mass is 79.9. The number of hydrogen-bond acceptors (Lipinski definition) is 1. The first-order valence-corrected chi connectivity index (χ1v) is 6.39. The summed E-state index contributed by atoms with van der Waals surface area (Å²) in [5, 5.41) is 0. The van der Waals surface area contributed by atoms with Crippen molar-refractivity contribution in [1.29, 1.82) is 0 Å². The van der Waals surface area contributed by atoms with Crippen molar-refractivity contribution < 1.29 is 22.3 Å². The second-order valence-electron chi connectivity index (χ2n) is 4.09. The Bertz CT molecular complexity index is 590. The maximum Gasteiger partial charge on any atom is 0.416 e. The smallest absolute Gasteiger partial charge is 0.416 e. The molecular formula is C14H9BrF4O. The molecule has 0 spiro atoms. The monoisotopic (exact) mass is 348 g/mol. The van der Waals surface area contributed by atoms with Crippen LogP contribution in [0.25, 0.3) is 0 Å². The standard InChI is InChI=1S/C14H9BrF4O/c15-11-4-9(5-12(16)7-11)8-20-13-3-1-2-10(6-13)14(17,18)19/h1-7H,8H2.